The quantitative estimate of drug-likeness (QED) is 0.625. The number of hydrogen-bond donors (Lipinski definition) is 0. The minimum atomic E-state index is 0.796. The first-order valence-corrected chi connectivity index (χ1v) is 10.5. The van der Waals surface area contributed by atoms with Gasteiger partial charge >= 0.3 is 0 Å². The molecule has 4 rings (SSSR count). The Morgan fingerprint density at radius 3 is 2.45 bits per heavy atom. The fourth-order valence-corrected chi connectivity index (χ4v) is 3.69. The second kappa shape index (κ2) is 9.03. The van der Waals surface area contributed by atoms with Crippen molar-refractivity contribution in [1.29, 1.82) is 0 Å². The third-order valence-corrected chi connectivity index (χ3v) is 5.72. The van der Waals surface area contributed by atoms with Crippen LogP contribution in [0.25, 0.3) is 11.4 Å². The van der Waals surface area contributed by atoms with Crippen LogP contribution in [0.15, 0.2) is 60.9 Å². The molecule has 0 amide bonds. The van der Waals surface area contributed by atoms with Gasteiger partial charge in [0.25, 0.3) is 0 Å². The average Bonchev–Trinajstić information content (AvgIpc) is 2.79. The molecule has 0 atom stereocenters. The molecule has 1 aliphatic heterocycles. The van der Waals surface area contributed by atoms with E-state index in [1.54, 1.807) is 0 Å². The van der Waals surface area contributed by atoms with E-state index in [9.17, 15) is 0 Å². The standard InChI is InChI=1S/C24H29N5/c1-19-10-16-29(17-11-19)23-18-22(26-24(27-23)21-6-4-3-5-7-21)28(2)15-12-20-8-13-25-14-9-20/h3-9,13-14,18-19H,10-12,15-17H2,1-2H3. The first-order valence-electron chi connectivity index (χ1n) is 10.5. The largest absolute Gasteiger partial charge is 0.359 e. The Labute approximate surface area is 173 Å². The highest BCUT2D eigenvalue weighted by Gasteiger charge is 2.19. The van der Waals surface area contributed by atoms with Gasteiger partial charge in [-0.25, -0.2) is 9.97 Å². The predicted octanol–water partition coefficient (Wildman–Crippen LogP) is 4.45. The molecule has 0 radical (unpaired) electrons. The Morgan fingerprint density at radius 1 is 1.00 bits per heavy atom. The van der Waals surface area contributed by atoms with Crippen molar-refractivity contribution in [2.24, 2.45) is 5.92 Å². The number of benzene rings is 1. The summed E-state index contributed by atoms with van der Waals surface area (Å²) in [5.74, 6) is 3.61. The molecule has 1 fully saturated rings. The van der Waals surface area contributed by atoms with Gasteiger partial charge in [-0.2, -0.15) is 0 Å². The molecule has 2 aromatic heterocycles. The van der Waals surface area contributed by atoms with Crippen LogP contribution in [0.5, 0.6) is 0 Å². The number of pyridine rings is 1. The summed E-state index contributed by atoms with van der Waals surface area (Å²) in [6.45, 7) is 5.36. The van der Waals surface area contributed by atoms with E-state index >= 15 is 0 Å². The van der Waals surface area contributed by atoms with Crippen molar-refractivity contribution in [3.8, 4) is 11.4 Å². The van der Waals surface area contributed by atoms with Crippen LogP contribution in [0.2, 0.25) is 0 Å². The lowest BCUT2D eigenvalue weighted by atomic mass is 9.99. The Kier molecular flexibility index (Phi) is 6.03. The molecule has 5 nitrogen and oxygen atoms in total. The zero-order chi connectivity index (χ0) is 20.1. The van der Waals surface area contributed by atoms with Gasteiger partial charge in [-0.05, 0) is 42.9 Å². The van der Waals surface area contributed by atoms with Gasteiger partial charge in [0.05, 0.1) is 0 Å². The smallest absolute Gasteiger partial charge is 0.163 e. The number of aromatic nitrogens is 3. The number of hydrogen-bond acceptors (Lipinski definition) is 5. The maximum Gasteiger partial charge on any atom is 0.163 e. The van der Waals surface area contributed by atoms with Gasteiger partial charge in [0.2, 0.25) is 0 Å². The van der Waals surface area contributed by atoms with Crippen LogP contribution >= 0.6 is 0 Å². The summed E-state index contributed by atoms with van der Waals surface area (Å²) in [7, 11) is 2.11. The Bertz CT molecular complexity index is 905. The zero-order valence-electron chi connectivity index (χ0n) is 17.3. The Balaban J connectivity index is 1.60. The van der Waals surface area contributed by atoms with Crippen LogP contribution in [0.4, 0.5) is 11.6 Å². The second-order valence-corrected chi connectivity index (χ2v) is 7.97. The van der Waals surface area contributed by atoms with Crippen molar-refractivity contribution >= 4 is 11.6 Å². The van der Waals surface area contributed by atoms with Gasteiger partial charge in [-0.1, -0.05) is 37.3 Å². The van der Waals surface area contributed by atoms with Crippen LogP contribution in [0.1, 0.15) is 25.3 Å². The van der Waals surface area contributed by atoms with Gasteiger partial charge in [-0.3, -0.25) is 4.98 Å². The number of likely N-dealkylation sites (N-methyl/N-ethyl adjacent to an activating group) is 1. The predicted molar refractivity (Wildman–Crippen MR) is 119 cm³/mol. The number of anilines is 2. The van der Waals surface area contributed by atoms with Crippen LogP contribution in [-0.2, 0) is 6.42 Å². The normalized spacial score (nSPS) is 14.8. The minimum Gasteiger partial charge on any atom is -0.359 e. The van der Waals surface area contributed by atoms with E-state index in [2.05, 4.69) is 59.1 Å². The molecular weight excluding hydrogens is 358 g/mol. The van der Waals surface area contributed by atoms with Gasteiger partial charge in [-0.15, -0.1) is 0 Å². The van der Waals surface area contributed by atoms with Gasteiger partial charge in [0.1, 0.15) is 11.6 Å². The van der Waals surface area contributed by atoms with Crippen molar-refractivity contribution in [2.75, 3.05) is 36.5 Å². The topological polar surface area (TPSA) is 45.2 Å². The molecular formula is C24H29N5. The Hall–Kier alpha value is -2.95. The van der Waals surface area contributed by atoms with Crippen molar-refractivity contribution in [3.05, 3.63) is 66.5 Å². The summed E-state index contributed by atoms with van der Waals surface area (Å²) >= 11 is 0. The molecule has 0 aliphatic carbocycles. The molecule has 0 bridgehead atoms. The summed E-state index contributed by atoms with van der Waals surface area (Å²) in [6.07, 6.45) is 7.10. The SMILES string of the molecule is CC1CCN(c2cc(N(C)CCc3ccncc3)nc(-c3ccccc3)n2)CC1. The molecule has 1 aliphatic rings. The first-order chi connectivity index (χ1) is 14.2. The van der Waals surface area contributed by atoms with Gasteiger partial charge < -0.3 is 9.80 Å². The van der Waals surface area contributed by atoms with Crippen LogP contribution in [0.3, 0.4) is 0 Å². The minimum absolute atomic E-state index is 0.796. The lowest BCUT2D eigenvalue weighted by Gasteiger charge is -2.32. The Morgan fingerprint density at radius 2 is 1.72 bits per heavy atom. The molecule has 150 valence electrons. The fraction of sp³-hybridized carbons (Fsp3) is 0.375. The molecule has 3 aromatic rings. The second-order valence-electron chi connectivity index (χ2n) is 7.97. The van der Waals surface area contributed by atoms with E-state index in [1.165, 1.54) is 18.4 Å². The molecule has 1 saturated heterocycles. The molecule has 0 spiro atoms. The molecule has 5 heteroatoms. The summed E-state index contributed by atoms with van der Waals surface area (Å²) in [5, 5.41) is 0. The highest BCUT2D eigenvalue weighted by atomic mass is 15.2. The summed E-state index contributed by atoms with van der Waals surface area (Å²) in [6, 6.07) is 16.6. The van der Waals surface area contributed by atoms with E-state index < -0.39 is 0 Å². The maximum absolute atomic E-state index is 4.93. The maximum atomic E-state index is 4.93. The van der Waals surface area contributed by atoms with E-state index in [0.29, 0.717) is 0 Å². The first kappa shape index (κ1) is 19.4. The molecule has 1 aromatic carbocycles. The molecule has 0 saturated carbocycles. The number of nitrogens with zero attached hydrogens (tertiary/aromatic N) is 5. The van der Waals surface area contributed by atoms with E-state index in [0.717, 1.165) is 55.0 Å². The van der Waals surface area contributed by atoms with E-state index in [4.69, 9.17) is 9.97 Å². The van der Waals surface area contributed by atoms with E-state index in [1.807, 2.05) is 30.6 Å². The molecule has 0 N–H and O–H groups in total. The molecule has 3 heterocycles. The van der Waals surface area contributed by atoms with Crippen LogP contribution in [-0.4, -0.2) is 41.6 Å². The van der Waals surface area contributed by atoms with Crippen molar-refractivity contribution in [1.82, 2.24) is 15.0 Å². The monoisotopic (exact) mass is 387 g/mol. The lowest BCUT2D eigenvalue weighted by molar-refractivity contribution is 0.436. The van der Waals surface area contributed by atoms with Crippen molar-refractivity contribution in [2.45, 2.75) is 26.2 Å². The molecule has 0 unspecified atom stereocenters. The molecule has 29 heavy (non-hydrogen) atoms. The average molecular weight is 388 g/mol. The van der Waals surface area contributed by atoms with E-state index in [-0.39, 0.29) is 0 Å². The summed E-state index contributed by atoms with van der Waals surface area (Å²) in [4.78, 5) is 18.6. The summed E-state index contributed by atoms with van der Waals surface area (Å²) < 4.78 is 0. The van der Waals surface area contributed by atoms with Gasteiger partial charge in [0.15, 0.2) is 5.82 Å². The van der Waals surface area contributed by atoms with Crippen LogP contribution in [0, 0.1) is 5.92 Å². The van der Waals surface area contributed by atoms with Gasteiger partial charge in [0, 0.05) is 50.7 Å². The third-order valence-electron chi connectivity index (χ3n) is 5.72. The fourth-order valence-electron chi connectivity index (χ4n) is 3.69. The highest BCUT2D eigenvalue weighted by molar-refractivity contribution is 5.62. The summed E-state index contributed by atoms with van der Waals surface area (Å²) in [5.41, 5.74) is 2.35. The third kappa shape index (κ3) is 4.91. The zero-order valence-corrected chi connectivity index (χ0v) is 17.3. The van der Waals surface area contributed by atoms with Crippen LogP contribution < -0.4 is 9.80 Å². The number of piperidine rings is 1. The lowest BCUT2D eigenvalue weighted by Crippen LogP contribution is -2.34. The van der Waals surface area contributed by atoms with Crippen molar-refractivity contribution in [3.63, 3.8) is 0 Å². The number of rotatable bonds is 6. The van der Waals surface area contributed by atoms with Crippen molar-refractivity contribution < 1.29 is 0 Å². The highest BCUT2D eigenvalue weighted by Crippen LogP contribution is 2.27.